The third kappa shape index (κ3) is 3.27. The van der Waals surface area contributed by atoms with Crippen LogP contribution in [0.25, 0.3) is 22.4 Å². The second kappa shape index (κ2) is 7.84. The zero-order chi connectivity index (χ0) is 20.4. The molecule has 0 amide bonds. The first kappa shape index (κ1) is 18.8. The van der Waals surface area contributed by atoms with Crippen molar-refractivity contribution < 1.29 is 9.47 Å². The van der Waals surface area contributed by atoms with E-state index in [4.69, 9.17) is 14.9 Å². The van der Waals surface area contributed by atoms with Gasteiger partial charge in [-0.25, -0.2) is 0 Å². The maximum atomic E-state index is 9.75. The molecule has 0 fully saturated rings. The van der Waals surface area contributed by atoms with Crippen LogP contribution in [0.5, 0.6) is 11.5 Å². The molecule has 5 heteroatoms. The summed E-state index contributed by atoms with van der Waals surface area (Å²) in [6.45, 7) is 5.69. The lowest BCUT2D eigenvalue weighted by Gasteiger charge is -2.26. The molecular formula is C24H23N3O2. The summed E-state index contributed by atoms with van der Waals surface area (Å²) in [5.41, 5.74) is 5.49. The van der Waals surface area contributed by atoms with E-state index < -0.39 is 0 Å². The first-order valence-electron chi connectivity index (χ1n) is 9.88. The summed E-state index contributed by atoms with van der Waals surface area (Å²) < 4.78 is 13.5. The third-order valence-electron chi connectivity index (χ3n) is 5.19. The molecule has 0 unspecified atom stereocenters. The van der Waals surface area contributed by atoms with Crippen molar-refractivity contribution >= 4 is 0 Å². The van der Waals surface area contributed by atoms with Crippen molar-refractivity contribution in [3.05, 3.63) is 65.1 Å². The number of pyridine rings is 1. The smallest absolute Gasteiger partial charge is 0.161 e. The van der Waals surface area contributed by atoms with E-state index in [0.29, 0.717) is 31.1 Å². The van der Waals surface area contributed by atoms with Crippen molar-refractivity contribution in [3.8, 4) is 40.0 Å². The molecule has 146 valence electrons. The molecule has 0 aliphatic carbocycles. The maximum absolute atomic E-state index is 9.75. The van der Waals surface area contributed by atoms with Crippen LogP contribution in [-0.2, 0) is 13.0 Å². The van der Waals surface area contributed by atoms with Gasteiger partial charge in [-0.1, -0.05) is 30.3 Å². The van der Waals surface area contributed by atoms with Crippen LogP contribution in [0.2, 0.25) is 0 Å². The van der Waals surface area contributed by atoms with Gasteiger partial charge in [-0.15, -0.1) is 0 Å². The molecule has 0 radical (unpaired) electrons. The van der Waals surface area contributed by atoms with Gasteiger partial charge in [0.1, 0.15) is 17.1 Å². The van der Waals surface area contributed by atoms with Crippen LogP contribution in [0.3, 0.4) is 0 Å². The summed E-state index contributed by atoms with van der Waals surface area (Å²) in [7, 11) is 0. The molecule has 1 aliphatic heterocycles. The van der Waals surface area contributed by atoms with Crippen LogP contribution >= 0.6 is 0 Å². The highest BCUT2D eigenvalue weighted by atomic mass is 16.5. The third-order valence-corrected chi connectivity index (χ3v) is 5.19. The topological polar surface area (TPSA) is 71.0 Å². The van der Waals surface area contributed by atoms with Gasteiger partial charge in [0.25, 0.3) is 0 Å². The Bertz CT molecular complexity index is 1160. The predicted molar refractivity (Wildman–Crippen MR) is 112 cm³/mol. The van der Waals surface area contributed by atoms with Gasteiger partial charge >= 0.3 is 0 Å². The predicted octanol–water partition coefficient (Wildman–Crippen LogP) is 4.53. The Morgan fingerprint density at radius 1 is 1.00 bits per heavy atom. The summed E-state index contributed by atoms with van der Waals surface area (Å²) in [4.78, 5) is 0. The Morgan fingerprint density at radius 3 is 2.34 bits per heavy atom. The fraction of sp³-hybridized carbons (Fsp3) is 0.250. The van der Waals surface area contributed by atoms with Crippen LogP contribution < -0.4 is 15.0 Å². The average molecular weight is 385 g/mol. The van der Waals surface area contributed by atoms with Gasteiger partial charge in [-0.2, -0.15) is 5.26 Å². The molecule has 2 heterocycles. The summed E-state index contributed by atoms with van der Waals surface area (Å²) in [6.07, 6.45) is 0.779. The largest absolute Gasteiger partial charge is 0.490 e. The van der Waals surface area contributed by atoms with Crippen molar-refractivity contribution in [1.82, 2.24) is 4.57 Å². The number of nitriles is 1. The van der Waals surface area contributed by atoms with Crippen molar-refractivity contribution in [2.24, 2.45) is 0 Å². The number of fused-ring (bicyclic) bond motifs is 3. The number of aryl methyl sites for hydroxylation is 1. The lowest BCUT2D eigenvalue weighted by atomic mass is 9.92. The van der Waals surface area contributed by atoms with Crippen LogP contribution in [0.4, 0.5) is 0 Å². The first-order chi connectivity index (χ1) is 14.2. The molecule has 0 atom stereocenters. The number of rotatable bonds is 5. The minimum absolute atomic E-state index is 0.251. The van der Waals surface area contributed by atoms with E-state index in [1.54, 1.807) is 0 Å². The van der Waals surface area contributed by atoms with Crippen molar-refractivity contribution in [2.75, 3.05) is 13.2 Å². The molecule has 1 N–H and O–H groups in total. The number of nitrogens with zero attached hydrogens (tertiary/aromatic N) is 2. The zero-order valence-corrected chi connectivity index (χ0v) is 16.7. The molecule has 0 saturated carbocycles. The molecule has 5 nitrogen and oxygen atoms in total. The van der Waals surface area contributed by atoms with E-state index >= 15 is 0 Å². The Balaban J connectivity index is 1.97. The van der Waals surface area contributed by atoms with E-state index in [1.807, 2.05) is 60.9 Å². The summed E-state index contributed by atoms with van der Waals surface area (Å²) in [5.74, 6) is 1.46. The van der Waals surface area contributed by atoms with E-state index in [9.17, 15) is 5.26 Å². The molecule has 0 spiro atoms. The summed E-state index contributed by atoms with van der Waals surface area (Å²) in [6, 6.07) is 18.1. The molecule has 3 aromatic rings. The van der Waals surface area contributed by atoms with Crippen molar-refractivity contribution in [2.45, 2.75) is 26.8 Å². The minimum atomic E-state index is 0.251. The molecule has 29 heavy (non-hydrogen) atoms. The monoisotopic (exact) mass is 385 g/mol. The van der Waals surface area contributed by atoms with Gasteiger partial charge < -0.3 is 14.0 Å². The Morgan fingerprint density at radius 2 is 1.69 bits per heavy atom. The minimum Gasteiger partial charge on any atom is -0.490 e. The fourth-order valence-electron chi connectivity index (χ4n) is 3.90. The molecule has 2 aromatic carbocycles. The Hall–Kier alpha value is -3.52. The van der Waals surface area contributed by atoms with Crippen molar-refractivity contribution in [1.29, 1.82) is 10.7 Å². The molecule has 4 rings (SSSR count). The number of benzene rings is 2. The van der Waals surface area contributed by atoms with Gasteiger partial charge in [0.05, 0.1) is 18.9 Å². The lowest BCUT2D eigenvalue weighted by Crippen LogP contribution is -2.28. The fourth-order valence-corrected chi connectivity index (χ4v) is 3.90. The molecule has 1 aliphatic rings. The van der Waals surface area contributed by atoms with Crippen LogP contribution in [-0.4, -0.2) is 17.8 Å². The SMILES string of the molecule is CCOc1cc2c(cc1OCC)-c1cc(-c3ccccc3)c(C#N)c(=N)n1CC2. The van der Waals surface area contributed by atoms with Gasteiger partial charge in [0.2, 0.25) is 0 Å². The van der Waals surface area contributed by atoms with Gasteiger partial charge in [-0.3, -0.25) is 5.41 Å². The van der Waals surface area contributed by atoms with Gasteiger partial charge in [-0.05, 0) is 49.6 Å². The number of hydrogen-bond donors (Lipinski definition) is 1. The Kier molecular flexibility index (Phi) is 5.09. The van der Waals surface area contributed by atoms with E-state index in [2.05, 4.69) is 12.1 Å². The molecule has 1 aromatic heterocycles. The number of hydrogen-bond acceptors (Lipinski definition) is 4. The average Bonchev–Trinajstić information content (AvgIpc) is 2.75. The van der Waals surface area contributed by atoms with E-state index in [-0.39, 0.29) is 5.49 Å². The van der Waals surface area contributed by atoms with Crippen LogP contribution in [0.1, 0.15) is 25.0 Å². The van der Waals surface area contributed by atoms with Gasteiger partial charge in [0.15, 0.2) is 11.5 Å². The highest BCUT2D eigenvalue weighted by Crippen LogP contribution is 2.39. The van der Waals surface area contributed by atoms with Crippen LogP contribution in [0, 0.1) is 16.7 Å². The normalized spacial score (nSPS) is 11.9. The highest BCUT2D eigenvalue weighted by molar-refractivity contribution is 5.78. The molecular weight excluding hydrogens is 362 g/mol. The number of nitrogens with one attached hydrogen (secondary N) is 1. The molecule has 0 saturated heterocycles. The van der Waals surface area contributed by atoms with Crippen LogP contribution in [0.15, 0.2) is 48.5 Å². The maximum Gasteiger partial charge on any atom is 0.161 e. The summed E-state index contributed by atoms with van der Waals surface area (Å²) >= 11 is 0. The molecule has 0 bridgehead atoms. The zero-order valence-electron chi connectivity index (χ0n) is 16.7. The standard InChI is InChI=1S/C24H23N3O2/c1-3-28-22-12-17-10-11-27-21(19(17)14-23(22)29-4-2)13-18(20(15-25)24(27)26)16-8-6-5-7-9-16/h5-9,12-14,26H,3-4,10-11H2,1-2H3. The van der Waals surface area contributed by atoms with E-state index in [1.165, 1.54) is 5.56 Å². The lowest BCUT2D eigenvalue weighted by molar-refractivity contribution is 0.287. The van der Waals surface area contributed by atoms with Gasteiger partial charge in [0, 0.05) is 17.7 Å². The quantitative estimate of drug-likeness (QED) is 0.702. The first-order valence-corrected chi connectivity index (χ1v) is 9.88. The number of ether oxygens (including phenoxy) is 2. The second-order valence-electron chi connectivity index (χ2n) is 6.87. The highest BCUT2D eigenvalue weighted by Gasteiger charge is 2.23. The second-order valence-corrected chi connectivity index (χ2v) is 6.87. The van der Waals surface area contributed by atoms with E-state index in [0.717, 1.165) is 34.6 Å². The summed E-state index contributed by atoms with van der Waals surface area (Å²) in [5, 5.41) is 18.4. The Labute approximate surface area is 170 Å². The number of aromatic nitrogens is 1. The van der Waals surface area contributed by atoms with Crippen molar-refractivity contribution in [3.63, 3.8) is 0 Å².